The molecule has 2 N–H and O–H groups in total. The highest BCUT2D eigenvalue weighted by atomic mass is 16.5. The summed E-state index contributed by atoms with van der Waals surface area (Å²) in [4.78, 5) is 0. The molecule has 0 bridgehead atoms. The minimum absolute atomic E-state index is 0.0585. The highest BCUT2D eigenvalue weighted by Crippen LogP contribution is 2.13. The lowest BCUT2D eigenvalue weighted by Crippen LogP contribution is -2.30. The molecule has 0 saturated heterocycles. The van der Waals surface area contributed by atoms with Gasteiger partial charge in [-0.15, -0.1) is 0 Å². The first-order valence-corrected chi connectivity index (χ1v) is 6.11. The second-order valence-electron chi connectivity index (χ2n) is 4.54. The number of nitrogens with one attached hydrogen (secondary N) is 1. The number of rotatable bonds is 7. The van der Waals surface area contributed by atoms with E-state index in [9.17, 15) is 5.11 Å². The van der Waals surface area contributed by atoms with Crippen molar-refractivity contribution in [2.75, 3.05) is 13.2 Å². The van der Waals surface area contributed by atoms with Gasteiger partial charge < -0.3 is 15.2 Å². The molecule has 0 aliphatic rings. The molecule has 1 aromatic rings. The van der Waals surface area contributed by atoms with Gasteiger partial charge in [0.05, 0.1) is 6.10 Å². The summed E-state index contributed by atoms with van der Waals surface area (Å²) in [5.41, 5.74) is 1.07. The Morgan fingerprint density at radius 1 is 1.44 bits per heavy atom. The van der Waals surface area contributed by atoms with E-state index < -0.39 is 0 Å². The van der Waals surface area contributed by atoms with Gasteiger partial charge in [-0.1, -0.05) is 26.0 Å². The van der Waals surface area contributed by atoms with E-state index in [1.165, 1.54) is 0 Å². The SMILES string of the molecule is CC(C)C(O)CNCc1cccc(OCC#N)c1. The predicted molar refractivity (Wildman–Crippen MR) is 70.1 cm³/mol. The van der Waals surface area contributed by atoms with Gasteiger partial charge in [-0.3, -0.25) is 0 Å². The Balaban J connectivity index is 2.40. The third kappa shape index (κ3) is 5.17. The van der Waals surface area contributed by atoms with Gasteiger partial charge in [-0.2, -0.15) is 5.26 Å². The number of hydrogen-bond donors (Lipinski definition) is 2. The number of nitrogens with zero attached hydrogens (tertiary/aromatic N) is 1. The van der Waals surface area contributed by atoms with E-state index in [-0.39, 0.29) is 18.6 Å². The number of nitriles is 1. The standard InChI is InChI=1S/C14H20N2O2/c1-11(2)14(17)10-16-9-12-4-3-5-13(8-12)18-7-6-15/h3-5,8,11,14,16-17H,7,9-10H2,1-2H3. The maximum absolute atomic E-state index is 9.65. The first kappa shape index (κ1) is 14.5. The van der Waals surface area contributed by atoms with Crippen molar-refractivity contribution < 1.29 is 9.84 Å². The fourth-order valence-corrected chi connectivity index (χ4v) is 1.46. The molecule has 0 aliphatic heterocycles. The van der Waals surface area contributed by atoms with Crippen LogP contribution in [-0.4, -0.2) is 24.4 Å². The molecular weight excluding hydrogens is 228 g/mol. The highest BCUT2D eigenvalue weighted by Gasteiger charge is 2.07. The predicted octanol–water partition coefficient (Wildman–Crippen LogP) is 1.70. The van der Waals surface area contributed by atoms with Crippen molar-refractivity contribution in [3.05, 3.63) is 29.8 Å². The Morgan fingerprint density at radius 2 is 2.22 bits per heavy atom. The molecule has 0 radical (unpaired) electrons. The van der Waals surface area contributed by atoms with Crippen molar-refractivity contribution in [3.63, 3.8) is 0 Å². The van der Waals surface area contributed by atoms with Gasteiger partial charge in [-0.05, 0) is 23.6 Å². The summed E-state index contributed by atoms with van der Waals surface area (Å²) in [6, 6.07) is 9.53. The molecule has 0 fully saturated rings. The Morgan fingerprint density at radius 3 is 2.89 bits per heavy atom. The fraction of sp³-hybridized carbons (Fsp3) is 0.500. The Hall–Kier alpha value is -1.57. The molecule has 98 valence electrons. The topological polar surface area (TPSA) is 65.3 Å². The molecule has 0 heterocycles. The maximum Gasteiger partial charge on any atom is 0.174 e. The third-order valence-corrected chi connectivity index (χ3v) is 2.65. The van der Waals surface area contributed by atoms with Crippen molar-refractivity contribution in [2.45, 2.75) is 26.5 Å². The van der Waals surface area contributed by atoms with E-state index in [0.29, 0.717) is 18.8 Å². The Labute approximate surface area is 108 Å². The fourth-order valence-electron chi connectivity index (χ4n) is 1.46. The Kier molecular flexibility index (Phi) is 6.20. The van der Waals surface area contributed by atoms with E-state index in [1.807, 2.05) is 44.2 Å². The highest BCUT2D eigenvalue weighted by molar-refractivity contribution is 5.28. The molecular formula is C14H20N2O2. The second-order valence-corrected chi connectivity index (χ2v) is 4.54. The van der Waals surface area contributed by atoms with Crippen molar-refractivity contribution in [2.24, 2.45) is 5.92 Å². The first-order chi connectivity index (χ1) is 8.63. The van der Waals surface area contributed by atoms with Crippen molar-refractivity contribution in [1.82, 2.24) is 5.32 Å². The average Bonchev–Trinajstić information content (AvgIpc) is 2.36. The lowest BCUT2D eigenvalue weighted by molar-refractivity contribution is 0.123. The molecule has 4 heteroatoms. The van der Waals surface area contributed by atoms with Crippen LogP contribution < -0.4 is 10.1 Å². The summed E-state index contributed by atoms with van der Waals surface area (Å²) >= 11 is 0. The van der Waals surface area contributed by atoms with Gasteiger partial charge in [0, 0.05) is 13.1 Å². The summed E-state index contributed by atoms with van der Waals surface area (Å²) in [7, 11) is 0. The molecule has 1 atom stereocenters. The summed E-state index contributed by atoms with van der Waals surface area (Å²) in [5, 5.41) is 21.3. The van der Waals surface area contributed by atoms with Crippen LogP contribution in [0.5, 0.6) is 5.75 Å². The van der Waals surface area contributed by atoms with Gasteiger partial charge in [0.1, 0.15) is 11.8 Å². The van der Waals surface area contributed by atoms with Crippen molar-refractivity contribution in [1.29, 1.82) is 5.26 Å². The molecule has 1 rings (SSSR count). The molecule has 0 amide bonds. The van der Waals surface area contributed by atoms with Crippen molar-refractivity contribution in [3.8, 4) is 11.8 Å². The van der Waals surface area contributed by atoms with Gasteiger partial charge in [0.15, 0.2) is 6.61 Å². The van der Waals surface area contributed by atoms with Gasteiger partial charge in [0.2, 0.25) is 0 Å². The van der Waals surface area contributed by atoms with Crippen molar-refractivity contribution >= 4 is 0 Å². The van der Waals surface area contributed by atoms with E-state index in [4.69, 9.17) is 10.00 Å². The minimum Gasteiger partial charge on any atom is -0.479 e. The van der Waals surface area contributed by atoms with E-state index in [2.05, 4.69) is 5.32 Å². The zero-order valence-corrected chi connectivity index (χ0v) is 10.9. The van der Waals surface area contributed by atoms with Gasteiger partial charge in [0.25, 0.3) is 0 Å². The van der Waals surface area contributed by atoms with Crippen LogP contribution in [-0.2, 0) is 6.54 Å². The summed E-state index contributed by atoms with van der Waals surface area (Å²) in [6.07, 6.45) is -0.331. The normalized spacial score (nSPS) is 12.2. The van der Waals surface area contributed by atoms with Crippen LogP contribution in [0.3, 0.4) is 0 Å². The number of hydrogen-bond acceptors (Lipinski definition) is 4. The minimum atomic E-state index is -0.331. The van der Waals surface area contributed by atoms with Crippen LogP contribution in [0.15, 0.2) is 24.3 Å². The zero-order valence-electron chi connectivity index (χ0n) is 10.9. The summed E-state index contributed by atoms with van der Waals surface area (Å²) in [6.45, 7) is 5.28. The molecule has 1 aromatic carbocycles. The van der Waals surface area contributed by atoms with Gasteiger partial charge in [-0.25, -0.2) is 0 Å². The molecule has 4 nitrogen and oxygen atoms in total. The number of benzene rings is 1. The van der Waals surface area contributed by atoms with Crippen LogP contribution in [0.25, 0.3) is 0 Å². The number of ether oxygens (including phenoxy) is 1. The van der Waals surface area contributed by atoms with Crippen LogP contribution in [0.2, 0.25) is 0 Å². The number of aliphatic hydroxyl groups excluding tert-OH is 1. The molecule has 18 heavy (non-hydrogen) atoms. The summed E-state index contributed by atoms with van der Waals surface area (Å²) < 4.78 is 5.22. The lowest BCUT2D eigenvalue weighted by Gasteiger charge is -2.15. The van der Waals surface area contributed by atoms with Crippen LogP contribution in [0.4, 0.5) is 0 Å². The molecule has 0 spiro atoms. The van der Waals surface area contributed by atoms with E-state index in [0.717, 1.165) is 5.56 Å². The van der Waals surface area contributed by atoms with Crippen LogP contribution >= 0.6 is 0 Å². The zero-order chi connectivity index (χ0) is 13.4. The summed E-state index contributed by atoms with van der Waals surface area (Å²) in [5.74, 6) is 0.947. The van der Waals surface area contributed by atoms with E-state index in [1.54, 1.807) is 0 Å². The lowest BCUT2D eigenvalue weighted by atomic mass is 10.1. The molecule has 0 aliphatic carbocycles. The van der Waals surface area contributed by atoms with Crippen LogP contribution in [0.1, 0.15) is 19.4 Å². The molecule has 1 unspecified atom stereocenters. The first-order valence-electron chi connectivity index (χ1n) is 6.11. The second kappa shape index (κ2) is 7.70. The molecule has 0 aromatic heterocycles. The maximum atomic E-state index is 9.65. The third-order valence-electron chi connectivity index (χ3n) is 2.65. The Bertz CT molecular complexity index is 399. The smallest absolute Gasteiger partial charge is 0.174 e. The van der Waals surface area contributed by atoms with Gasteiger partial charge >= 0.3 is 0 Å². The largest absolute Gasteiger partial charge is 0.479 e. The average molecular weight is 248 g/mol. The monoisotopic (exact) mass is 248 g/mol. The quantitative estimate of drug-likeness (QED) is 0.770. The number of aliphatic hydroxyl groups is 1. The van der Waals surface area contributed by atoms with Crippen LogP contribution in [0, 0.1) is 17.2 Å². The van der Waals surface area contributed by atoms with E-state index >= 15 is 0 Å². The molecule has 0 saturated carbocycles.